The maximum absolute atomic E-state index is 13.1. The normalized spacial score (nSPS) is 18.2. The molecule has 1 aliphatic rings. The quantitative estimate of drug-likeness (QED) is 0.0396. The first-order valence-corrected chi connectivity index (χ1v) is 21.1. The van der Waals surface area contributed by atoms with Gasteiger partial charge in [0.2, 0.25) is 5.95 Å². The molecule has 2 aromatic heterocycles. The minimum absolute atomic E-state index is 0.0139. The smallest absolute Gasteiger partial charge is 0.280 e. The van der Waals surface area contributed by atoms with Crippen molar-refractivity contribution < 1.29 is 41.9 Å². The van der Waals surface area contributed by atoms with E-state index >= 15 is 0 Å². The Balaban J connectivity index is 1.21. The summed E-state index contributed by atoms with van der Waals surface area (Å²) >= 11 is 0. The number of aliphatic hydroxyl groups excluding tert-OH is 1. The average molecular weight is 853 g/mol. The van der Waals surface area contributed by atoms with Crippen LogP contribution in [0.25, 0.3) is 11.2 Å². The molecule has 0 aliphatic carbocycles. The first-order valence-electron chi connectivity index (χ1n) is 19.4. The van der Waals surface area contributed by atoms with E-state index in [2.05, 4.69) is 19.9 Å². The lowest BCUT2D eigenvalue weighted by Gasteiger charge is -2.37. The average Bonchev–Trinajstić information content (AvgIpc) is 3.84. The van der Waals surface area contributed by atoms with Gasteiger partial charge >= 0.3 is 0 Å². The molecule has 0 spiro atoms. The highest BCUT2D eigenvalue weighted by molar-refractivity contribution is 7.91. The van der Waals surface area contributed by atoms with Crippen molar-refractivity contribution in [2.24, 2.45) is 4.99 Å². The van der Waals surface area contributed by atoms with Crippen molar-refractivity contribution in [3.05, 3.63) is 142 Å². The Morgan fingerprint density at radius 1 is 0.918 bits per heavy atom. The molecule has 2 N–H and O–H groups in total. The van der Waals surface area contributed by atoms with E-state index < -0.39 is 52.3 Å². The topological polar surface area (TPSA) is 189 Å². The third-order valence-corrected chi connectivity index (χ3v) is 12.0. The number of aliphatic hydroxyl groups is 1. The van der Waals surface area contributed by atoms with Gasteiger partial charge in [0.1, 0.15) is 42.2 Å². The predicted octanol–water partition coefficient (Wildman–Crippen LogP) is 4.77. The fourth-order valence-corrected chi connectivity index (χ4v) is 8.21. The van der Waals surface area contributed by atoms with Gasteiger partial charge in [-0.1, -0.05) is 72.3 Å². The molecule has 0 unspecified atom stereocenters. The van der Waals surface area contributed by atoms with Gasteiger partial charge in [0.15, 0.2) is 27.2 Å². The number of H-pyrrole nitrogens is 1. The van der Waals surface area contributed by atoms with E-state index in [1.54, 1.807) is 57.5 Å². The molecule has 61 heavy (non-hydrogen) atoms. The zero-order valence-electron chi connectivity index (χ0n) is 34.4. The van der Waals surface area contributed by atoms with Gasteiger partial charge in [0.05, 0.1) is 50.7 Å². The number of sulfone groups is 1. The van der Waals surface area contributed by atoms with Gasteiger partial charge in [-0.2, -0.15) is 4.98 Å². The molecule has 1 fully saturated rings. The third kappa shape index (κ3) is 9.36. The molecule has 3 heterocycles. The maximum atomic E-state index is 13.1. The van der Waals surface area contributed by atoms with Crippen LogP contribution in [0.2, 0.25) is 0 Å². The van der Waals surface area contributed by atoms with Crippen LogP contribution in [-0.4, -0.2) is 117 Å². The van der Waals surface area contributed by atoms with Crippen molar-refractivity contribution in [3.63, 3.8) is 0 Å². The number of hydrogen-bond donors (Lipinski definition) is 2. The van der Waals surface area contributed by atoms with E-state index in [1.807, 2.05) is 85.8 Å². The summed E-state index contributed by atoms with van der Waals surface area (Å²) in [4.78, 5) is 30.8. The van der Waals surface area contributed by atoms with Gasteiger partial charge in [0.25, 0.3) is 5.56 Å². The summed E-state index contributed by atoms with van der Waals surface area (Å²) in [5, 5.41) is 12.1. The molecule has 320 valence electrons. The Bertz CT molecular complexity index is 2540. The highest BCUT2D eigenvalue weighted by Crippen LogP contribution is 2.43. The van der Waals surface area contributed by atoms with Crippen LogP contribution < -0.4 is 15.0 Å². The van der Waals surface area contributed by atoms with E-state index in [4.69, 9.17) is 28.4 Å². The monoisotopic (exact) mass is 852 g/mol. The molecular formula is C44H48N6O10S. The molecule has 1 saturated heterocycles. The number of imidazole rings is 1. The summed E-state index contributed by atoms with van der Waals surface area (Å²) in [5.41, 5.74) is 1.65. The Kier molecular flexibility index (Phi) is 13.3. The number of aromatic amines is 1. The molecule has 16 nitrogen and oxygen atoms in total. The summed E-state index contributed by atoms with van der Waals surface area (Å²) in [6.45, 7) is 1.13. The number of hydrogen-bond acceptors (Lipinski definition) is 13. The highest BCUT2D eigenvalue weighted by Gasteiger charge is 2.48. The van der Waals surface area contributed by atoms with E-state index in [9.17, 15) is 18.3 Å². The molecular weight excluding hydrogens is 805 g/mol. The standard InChI is InChI=1S/C44H48N6O10S/c1-29-11-21-35(22-12-29)61(53,54)24-23-57-28-58-39-38(51)36(60-42(39)50-27-45-37-40(50)47-43(48-41(37)52)46-26-49(2)3)25-59-44(30-9-7-6-8-10-30,31-13-17-33(55-4)18-14-31)32-15-19-34(56-5)20-16-32/h6-22,26-27,36,38-39,42,51H,23-25,28H2,1-5H3,(H,47,48,52)/b46-26+/t36-,38-,39-,42-/m1/s1. The molecule has 6 aromatic rings. The lowest BCUT2D eigenvalue weighted by molar-refractivity contribution is -0.136. The number of ether oxygens (including phenoxy) is 6. The lowest BCUT2D eigenvalue weighted by Crippen LogP contribution is -2.40. The lowest BCUT2D eigenvalue weighted by atomic mass is 9.80. The molecule has 4 atom stereocenters. The number of nitrogens with zero attached hydrogens (tertiary/aromatic N) is 5. The summed E-state index contributed by atoms with van der Waals surface area (Å²) in [6.07, 6.45) is -1.75. The number of aryl methyl sites for hydroxylation is 1. The van der Waals surface area contributed by atoms with Crippen LogP contribution in [-0.2, 0) is 34.4 Å². The van der Waals surface area contributed by atoms with Crippen molar-refractivity contribution in [3.8, 4) is 11.5 Å². The zero-order valence-corrected chi connectivity index (χ0v) is 35.2. The minimum Gasteiger partial charge on any atom is -0.497 e. The zero-order chi connectivity index (χ0) is 43.1. The molecule has 17 heteroatoms. The summed E-state index contributed by atoms with van der Waals surface area (Å²) in [7, 11) is 3.11. The number of methoxy groups -OCH3 is 2. The van der Waals surface area contributed by atoms with Gasteiger partial charge in [-0.25, -0.2) is 18.4 Å². The van der Waals surface area contributed by atoms with Crippen LogP contribution in [0.1, 0.15) is 28.5 Å². The maximum Gasteiger partial charge on any atom is 0.280 e. The van der Waals surface area contributed by atoms with Gasteiger partial charge in [0, 0.05) is 14.1 Å². The number of nitrogens with one attached hydrogen (secondary N) is 1. The van der Waals surface area contributed by atoms with Crippen LogP contribution in [0.5, 0.6) is 11.5 Å². The second-order valence-corrected chi connectivity index (χ2v) is 16.7. The van der Waals surface area contributed by atoms with Crippen molar-refractivity contribution >= 4 is 33.3 Å². The van der Waals surface area contributed by atoms with Crippen LogP contribution >= 0.6 is 0 Å². The van der Waals surface area contributed by atoms with Crippen molar-refractivity contribution in [1.82, 2.24) is 24.4 Å². The van der Waals surface area contributed by atoms with Crippen molar-refractivity contribution in [2.45, 2.75) is 42.0 Å². The first kappa shape index (κ1) is 43.1. The molecule has 0 radical (unpaired) electrons. The van der Waals surface area contributed by atoms with Crippen molar-refractivity contribution in [1.29, 1.82) is 0 Å². The molecule has 1 aliphatic heterocycles. The van der Waals surface area contributed by atoms with E-state index in [-0.39, 0.29) is 41.0 Å². The molecule has 0 saturated carbocycles. The number of aromatic nitrogens is 4. The van der Waals surface area contributed by atoms with Gasteiger partial charge < -0.3 is 38.4 Å². The Morgan fingerprint density at radius 2 is 1.54 bits per heavy atom. The van der Waals surface area contributed by atoms with Gasteiger partial charge in [-0.15, -0.1) is 0 Å². The Morgan fingerprint density at radius 3 is 2.15 bits per heavy atom. The van der Waals surface area contributed by atoms with E-state index in [0.717, 1.165) is 22.3 Å². The van der Waals surface area contributed by atoms with Crippen LogP contribution in [0.4, 0.5) is 5.95 Å². The minimum atomic E-state index is -3.64. The predicted molar refractivity (Wildman–Crippen MR) is 227 cm³/mol. The summed E-state index contributed by atoms with van der Waals surface area (Å²) < 4.78 is 64.0. The van der Waals surface area contributed by atoms with E-state index in [1.165, 1.54) is 17.2 Å². The molecule has 7 rings (SSSR count). The fraction of sp³-hybridized carbons (Fsp3) is 0.318. The number of rotatable bonds is 18. The van der Waals surface area contributed by atoms with Gasteiger partial charge in [-0.05, 0) is 60.0 Å². The van der Waals surface area contributed by atoms with Crippen molar-refractivity contribution in [2.75, 3.05) is 54.1 Å². The molecule has 0 amide bonds. The van der Waals surface area contributed by atoms with E-state index in [0.29, 0.717) is 11.5 Å². The number of fused-ring (bicyclic) bond motifs is 1. The Hall–Kier alpha value is -5.95. The highest BCUT2D eigenvalue weighted by atomic mass is 32.2. The summed E-state index contributed by atoms with van der Waals surface area (Å²) in [5.74, 6) is 1.04. The Labute approximate surface area is 353 Å². The summed E-state index contributed by atoms with van der Waals surface area (Å²) in [6, 6.07) is 31.3. The second-order valence-electron chi connectivity index (χ2n) is 14.6. The largest absolute Gasteiger partial charge is 0.497 e. The SMILES string of the molecule is COc1ccc(C(OC[C@H]2O[C@@H](n3cnc4c(=O)[nH]c(/N=C/N(C)C)nc43)[C@H](OCOCCS(=O)(=O)c3ccc(C)cc3)[C@@H]2O)(c2ccccc2)c2ccc(OC)cc2)cc1. The third-order valence-electron chi connectivity index (χ3n) is 10.3. The van der Waals surface area contributed by atoms with Gasteiger partial charge in [-0.3, -0.25) is 14.3 Å². The van der Waals surface area contributed by atoms with Crippen LogP contribution in [0.15, 0.2) is 124 Å². The van der Waals surface area contributed by atoms with Crippen LogP contribution in [0, 0.1) is 6.92 Å². The molecule has 4 aromatic carbocycles. The first-order chi connectivity index (χ1) is 29.4. The van der Waals surface area contributed by atoms with Crippen LogP contribution in [0.3, 0.4) is 0 Å². The number of aliphatic imine (C=N–C) groups is 1. The fourth-order valence-electron chi connectivity index (χ4n) is 7.09. The molecule has 0 bridgehead atoms. The number of benzene rings is 4. The second kappa shape index (κ2) is 18.8.